The molecule has 7 heteroatoms. The lowest BCUT2D eigenvalue weighted by atomic mass is 10.1. The number of ether oxygens (including phenoxy) is 1. The molecule has 1 fully saturated rings. The van der Waals surface area contributed by atoms with E-state index >= 15 is 0 Å². The number of rotatable bonds is 5. The zero-order valence-electron chi connectivity index (χ0n) is 12.1. The largest absolute Gasteiger partial charge is 0.480 e. The number of methoxy groups -OCH3 is 1. The summed E-state index contributed by atoms with van der Waals surface area (Å²) < 4.78 is 7.13. The van der Waals surface area contributed by atoms with Crippen molar-refractivity contribution in [1.82, 2.24) is 25.1 Å². The topological polar surface area (TPSA) is 76.9 Å². The highest BCUT2D eigenvalue weighted by molar-refractivity contribution is 5.34. The standard InChI is InChI=1S/C14H20N6O/c1-21-14-9-16-8-13(19-14)17-6-11-7-18-20(10-11)12-2-4-15-5-3-12/h7-10,12,15H,2-6H2,1H3,(H,17,19). The van der Waals surface area contributed by atoms with E-state index in [0.29, 0.717) is 24.3 Å². The Morgan fingerprint density at radius 2 is 2.19 bits per heavy atom. The molecule has 0 aliphatic carbocycles. The molecule has 0 spiro atoms. The summed E-state index contributed by atoms with van der Waals surface area (Å²) in [7, 11) is 1.58. The molecule has 0 saturated carbocycles. The van der Waals surface area contributed by atoms with Crippen LogP contribution in [0.3, 0.4) is 0 Å². The first-order valence-electron chi connectivity index (χ1n) is 7.19. The predicted molar refractivity (Wildman–Crippen MR) is 79.3 cm³/mol. The van der Waals surface area contributed by atoms with Crippen LogP contribution in [0.1, 0.15) is 24.4 Å². The van der Waals surface area contributed by atoms with Gasteiger partial charge in [-0.05, 0) is 25.9 Å². The Hall–Kier alpha value is -2.15. The zero-order valence-corrected chi connectivity index (χ0v) is 12.1. The third-order valence-corrected chi connectivity index (χ3v) is 3.63. The Labute approximate surface area is 123 Å². The van der Waals surface area contributed by atoms with Crippen LogP contribution in [0.5, 0.6) is 5.88 Å². The van der Waals surface area contributed by atoms with E-state index in [4.69, 9.17) is 4.74 Å². The number of hydrogen-bond donors (Lipinski definition) is 2. The number of anilines is 1. The van der Waals surface area contributed by atoms with Gasteiger partial charge in [0.25, 0.3) is 0 Å². The number of nitrogens with zero attached hydrogens (tertiary/aromatic N) is 4. The van der Waals surface area contributed by atoms with Gasteiger partial charge in [0.15, 0.2) is 0 Å². The highest BCUT2D eigenvalue weighted by Gasteiger charge is 2.15. The minimum Gasteiger partial charge on any atom is -0.480 e. The molecule has 0 bridgehead atoms. The first-order valence-corrected chi connectivity index (χ1v) is 7.19. The quantitative estimate of drug-likeness (QED) is 0.861. The normalized spacial score (nSPS) is 15.9. The van der Waals surface area contributed by atoms with Gasteiger partial charge in [-0.25, -0.2) is 0 Å². The SMILES string of the molecule is COc1cncc(NCc2cnn(C3CCNCC3)c2)n1. The minimum atomic E-state index is 0.505. The van der Waals surface area contributed by atoms with E-state index in [1.54, 1.807) is 19.5 Å². The van der Waals surface area contributed by atoms with Crippen molar-refractivity contribution in [1.29, 1.82) is 0 Å². The number of nitrogens with one attached hydrogen (secondary N) is 2. The Morgan fingerprint density at radius 3 is 3.00 bits per heavy atom. The molecule has 0 amide bonds. The van der Waals surface area contributed by atoms with Gasteiger partial charge in [-0.3, -0.25) is 9.67 Å². The van der Waals surface area contributed by atoms with Gasteiger partial charge in [-0.1, -0.05) is 0 Å². The molecule has 21 heavy (non-hydrogen) atoms. The van der Waals surface area contributed by atoms with Crippen LogP contribution >= 0.6 is 0 Å². The van der Waals surface area contributed by atoms with Gasteiger partial charge in [0, 0.05) is 18.3 Å². The van der Waals surface area contributed by atoms with Crippen molar-refractivity contribution in [3.63, 3.8) is 0 Å². The predicted octanol–water partition coefficient (Wildman–Crippen LogP) is 1.22. The van der Waals surface area contributed by atoms with E-state index in [-0.39, 0.29) is 0 Å². The average molecular weight is 288 g/mol. The Morgan fingerprint density at radius 1 is 1.33 bits per heavy atom. The van der Waals surface area contributed by atoms with Gasteiger partial charge >= 0.3 is 0 Å². The van der Waals surface area contributed by atoms with Crippen LogP contribution in [-0.2, 0) is 6.54 Å². The molecule has 3 rings (SSSR count). The summed E-state index contributed by atoms with van der Waals surface area (Å²) in [6.07, 6.45) is 9.55. The van der Waals surface area contributed by atoms with Crippen molar-refractivity contribution in [2.45, 2.75) is 25.4 Å². The first-order chi connectivity index (χ1) is 10.3. The molecule has 1 aliphatic rings. The lowest BCUT2D eigenvalue weighted by Gasteiger charge is -2.22. The number of hydrogen-bond acceptors (Lipinski definition) is 6. The van der Waals surface area contributed by atoms with E-state index in [1.807, 2.05) is 6.20 Å². The van der Waals surface area contributed by atoms with Crippen LogP contribution < -0.4 is 15.4 Å². The summed E-state index contributed by atoms with van der Waals surface area (Å²) >= 11 is 0. The maximum atomic E-state index is 5.05. The van der Waals surface area contributed by atoms with Crippen molar-refractivity contribution in [3.05, 3.63) is 30.4 Å². The Balaban J connectivity index is 1.59. The van der Waals surface area contributed by atoms with Gasteiger partial charge in [0.2, 0.25) is 5.88 Å². The maximum absolute atomic E-state index is 5.05. The molecule has 2 N–H and O–H groups in total. The van der Waals surface area contributed by atoms with Crippen molar-refractivity contribution in [2.75, 3.05) is 25.5 Å². The monoisotopic (exact) mass is 288 g/mol. The fourth-order valence-corrected chi connectivity index (χ4v) is 2.46. The molecule has 2 aromatic rings. The fraction of sp³-hybridized carbons (Fsp3) is 0.500. The molecule has 1 aliphatic heterocycles. The summed E-state index contributed by atoms with van der Waals surface area (Å²) in [4.78, 5) is 8.34. The summed E-state index contributed by atoms with van der Waals surface area (Å²) in [5.41, 5.74) is 1.14. The highest BCUT2D eigenvalue weighted by Crippen LogP contribution is 2.18. The van der Waals surface area contributed by atoms with Crippen molar-refractivity contribution >= 4 is 5.82 Å². The van der Waals surface area contributed by atoms with E-state index in [2.05, 4.69) is 36.6 Å². The molecule has 0 aromatic carbocycles. The summed E-state index contributed by atoms with van der Waals surface area (Å²) in [6.45, 7) is 2.81. The molecule has 0 atom stereocenters. The van der Waals surface area contributed by atoms with Gasteiger partial charge in [-0.2, -0.15) is 10.1 Å². The molecular formula is C14H20N6O. The second-order valence-electron chi connectivity index (χ2n) is 5.11. The molecule has 0 radical (unpaired) electrons. The van der Waals surface area contributed by atoms with Crippen molar-refractivity contribution in [3.8, 4) is 5.88 Å². The van der Waals surface area contributed by atoms with Crippen LogP contribution in [0.4, 0.5) is 5.82 Å². The minimum absolute atomic E-state index is 0.505. The smallest absolute Gasteiger partial charge is 0.233 e. The highest BCUT2D eigenvalue weighted by atomic mass is 16.5. The molecule has 7 nitrogen and oxygen atoms in total. The van der Waals surface area contributed by atoms with Gasteiger partial charge in [-0.15, -0.1) is 0 Å². The summed E-state index contributed by atoms with van der Waals surface area (Å²) in [5.74, 6) is 1.20. The molecule has 112 valence electrons. The van der Waals surface area contributed by atoms with E-state index in [9.17, 15) is 0 Å². The second-order valence-corrected chi connectivity index (χ2v) is 5.11. The molecule has 0 unspecified atom stereocenters. The zero-order chi connectivity index (χ0) is 14.5. The molecular weight excluding hydrogens is 268 g/mol. The average Bonchev–Trinajstić information content (AvgIpc) is 3.03. The van der Waals surface area contributed by atoms with E-state index in [1.165, 1.54) is 0 Å². The summed E-state index contributed by atoms with van der Waals surface area (Å²) in [5, 5.41) is 11.1. The fourth-order valence-electron chi connectivity index (χ4n) is 2.46. The summed E-state index contributed by atoms with van der Waals surface area (Å²) in [6, 6.07) is 0.511. The maximum Gasteiger partial charge on any atom is 0.233 e. The van der Waals surface area contributed by atoms with Gasteiger partial charge < -0.3 is 15.4 Å². The third kappa shape index (κ3) is 3.49. The van der Waals surface area contributed by atoms with Crippen LogP contribution in [0, 0.1) is 0 Å². The van der Waals surface area contributed by atoms with E-state index < -0.39 is 0 Å². The van der Waals surface area contributed by atoms with Crippen LogP contribution in [0.25, 0.3) is 0 Å². The number of piperidine rings is 1. The number of aromatic nitrogens is 4. The second kappa shape index (κ2) is 6.53. The van der Waals surface area contributed by atoms with Crippen LogP contribution in [0.2, 0.25) is 0 Å². The van der Waals surface area contributed by atoms with Crippen LogP contribution in [0.15, 0.2) is 24.8 Å². The first kappa shape index (κ1) is 13.8. The van der Waals surface area contributed by atoms with Crippen molar-refractivity contribution in [2.24, 2.45) is 0 Å². The van der Waals surface area contributed by atoms with E-state index in [0.717, 1.165) is 31.5 Å². The lowest BCUT2D eigenvalue weighted by molar-refractivity contribution is 0.343. The molecule has 2 aromatic heterocycles. The van der Waals surface area contributed by atoms with Crippen molar-refractivity contribution < 1.29 is 4.74 Å². The van der Waals surface area contributed by atoms with Crippen LogP contribution in [-0.4, -0.2) is 39.9 Å². The Kier molecular flexibility index (Phi) is 4.30. The third-order valence-electron chi connectivity index (χ3n) is 3.63. The lowest BCUT2D eigenvalue weighted by Crippen LogP contribution is -2.29. The Bertz CT molecular complexity index is 578. The molecule has 1 saturated heterocycles. The van der Waals surface area contributed by atoms with Gasteiger partial charge in [0.1, 0.15) is 5.82 Å². The van der Waals surface area contributed by atoms with Gasteiger partial charge in [0.05, 0.1) is 31.7 Å². The molecule has 3 heterocycles.